The fraction of sp³-hybridized carbons (Fsp3) is 0.444. The number of aromatic nitrogens is 1. The molecule has 0 amide bonds. The van der Waals surface area contributed by atoms with Gasteiger partial charge in [0.25, 0.3) is 6.43 Å². The summed E-state index contributed by atoms with van der Waals surface area (Å²) in [5.41, 5.74) is 5.59. The summed E-state index contributed by atoms with van der Waals surface area (Å²) in [6.45, 7) is -0.138. The van der Waals surface area contributed by atoms with Crippen LogP contribution < -0.4 is 5.73 Å². The van der Waals surface area contributed by atoms with Crippen molar-refractivity contribution in [3.8, 4) is 0 Å². The molecule has 5 heteroatoms. The van der Waals surface area contributed by atoms with Gasteiger partial charge in [0.2, 0.25) is 0 Å². The van der Waals surface area contributed by atoms with Crippen molar-refractivity contribution in [2.75, 3.05) is 6.61 Å². The Morgan fingerprint density at radius 2 is 2.21 bits per heavy atom. The first-order valence-corrected chi connectivity index (χ1v) is 4.26. The quantitative estimate of drug-likeness (QED) is 0.775. The molecule has 1 unspecified atom stereocenters. The number of aliphatic hydroxyl groups is 1. The van der Waals surface area contributed by atoms with Crippen molar-refractivity contribution in [3.05, 3.63) is 29.6 Å². The van der Waals surface area contributed by atoms with Crippen LogP contribution in [0.1, 0.15) is 30.1 Å². The van der Waals surface area contributed by atoms with Crippen LogP contribution in [-0.2, 0) is 0 Å². The lowest BCUT2D eigenvalue weighted by Gasteiger charge is -2.13. The largest absolute Gasteiger partial charge is 0.396 e. The second-order valence-electron chi connectivity index (χ2n) is 2.90. The minimum atomic E-state index is -2.58. The van der Waals surface area contributed by atoms with Gasteiger partial charge in [0, 0.05) is 24.4 Å². The summed E-state index contributed by atoms with van der Waals surface area (Å²) >= 11 is 0. The Morgan fingerprint density at radius 1 is 1.50 bits per heavy atom. The van der Waals surface area contributed by atoms with Crippen LogP contribution in [-0.4, -0.2) is 16.7 Å². The zero-order valence-electron chi connectivity index (χ0n) is 7.53. The minimum absolute atomic E-state index is 0.138. The molecule has 0 fully saturated rings. The highest BCUT2D eigenvalue weighted by atomic mass is 19.3. The molecular formula is C9H12F2N2O. The topological polar surface area (TPSA) is 59.1 Å². The Hall–Kier alpha value is -1.07. The molecule has 1 aromatic rings. The van der Waals surface area contributed by atoms with Crippen molar-refractivity contribution in [2.24, 2.45) is 5.73 Å². The number of rotatable bonds is 4. The third-order valence-electron chi connectivity index (χ3n) is 1.90. The number of hydrogen-bond acceptors (Lipinski definition) is 3. The fourth-order valence-corrected chi connectivity index (χ4v) is 1.20. The van der Waals surface area contributed by atoms with Crippen LogP contribution in [0.5, 0.6) is 0 Å². The first-order valence-electron chi connectivity index (χ1n) is 4.26. The SMILES string of the molecule is NC(CCO)c1ncccc1C(F)F. The highest BCUT2D eigenvalue weighted by Crippen LogP contribution is 2.25. The molecule has 0 aliphatic carbocycles. The van der Waals surface area contributed by atoms with Gasteiger partial charge in [-0.1, -0.05) is 0 Å². The van der Waals surface area contributed by atoms with E-state index in [4.69, 9.17) is 10.8 Å². The van der Waals surface area contributed by atoms with E-state index in [0.717, 1.165) is 0 Å². The molecule has 0 aromatic carbocycles. The molecule has 1 atom stereocenters. The predicted molar refractivity (Wildman–Crippen MR) is 47.8 cm³/mol. The summed E-state index contributed by atoms with van der Waals surface area (Å²) < 4.78 is 24.9. The molecule has 0 aliphatic heterocycles. The van der Waals surface area contributed by atoms with Gasteiger partial charge in [-0.25, -0.2) is 8.78 Å². The molecule has 0 aliphatic rings. The van der Waals surface area contributed by atoms with Crippen LogP contribution in [0.4, 0.5) is 8.78 Å². The predicted octanol–water partition coefficient (Wildman–Crippen LogP) is 1.40. The molecule has 0 bridgehead atoms. The van der Waals surface area contributed by atoms with Gasteiger partial charge in [-0.2, -0.15) is 0 Å². The molecule has 0 radical (unpaired) electrons. The van der Waals surface area contributed by atoms with E-state index in [-0.39, 0.29) is 24.3 Å². The van der Waals surface area contributed by atoms with Gasteiger partial charge >= 0.3 is 0 Å². The first-order chi connectivity index (χ1) is 6.66. The number of nitrogens with zero attached hydrogens (tertiary/aromatic N) is 1. The molecule has 3 nitrogen and oxygen atoms in total. The van der Waals surface area contributed by atoms with Crippen LogP contribution in [0, 0.1) is 0 Å². The van der Waals surface area contributed by atoms with E-state index in [9.17, 15) is 8.78 Å². The second-order valence-corrected chi connectivity index (χ2v) is 2.90. The summed E-state index contributed by atoms with van der Waals surface area (Å²) in [6.07, 6.45) is -0.932. The maximum Gasteiger partial charge on any atom is 0.265 e. The number of hydrogen-bond donors (Lipinski definition) is 2. The van der Waals surface area contributed by atoms with E-state index in [1.807, 2.05) is 0 Å². The third-order valence-corrected chi connectivity index (χ3v) is 1.90. The number of aliphatic hydroxyl groups excluding tert-OH is 1. The van der Waals surface area contributed by atoms with Crippen molar-refractivity contribution in [3.63, 3.8) is 0 Å². The van der Waals surface area contributed by atoms with Crippen molar-refractivity contribution < 1.29 is 13.9 Å². The number of halogens is 2. The van der Waals surface area contributed by atoms with E-state index in [1.54, 1.807) is 0 Å². The number of nitrogens with two attached hydrogens (primary N) is 1. The van der Waals surface area contributed by atoms with Crippen LogP contribution >= 0.6 is 0 Å². The van der Waals surface area contributed by atoms with Gasteiger partial charge in [-0.15, -0.1) is 0 Å². The second kappa shape index (κ2) is 4.97. The highest BCUT2D eigenvalue weighted by Gasteiger charge is 2.17. The molecular weight excluding hydrogens is 190 g/mol. The summed E-state index contributed by atoms with van der Waals surface area (Å²) in [6, 6.07) is 2.10. The smallest absolute Gasteiger partial charge is 0.265 e. The standard InChI is InChI=1S/C9H12F2N2O/c10-9(11)6-2-1-4-13-8(6)7(12)3-5-14/h1-2,4,7,9,14H,3,5,12H2. The average Bonchev–Trinajstić information content (AvgIpc) is 2.18. The van der Waals surface area contributed by atoms with Gasteiger partial charge < -0.3 is 10.8 Å². The van der Waals surface area contributed by atoms with Gasteiger partial charge in [-0.3, -0.25) is 4.98 Å². The normalized spacial score (nSPS) is 13.2. The lowest BCUT2D eigenvalue weighted by Crippen LogP contribution is -2.16. The van der Waals surface area contributed by atoms with Gasteiger partial charge in [0.05, 0.1) is 5.69 Å². The summed E-state index contributed by atoms with van der Waals surface area (Å²) in [7, 11) is 0. The third kappa shape index (κ3) is 2.46. The van der Waals surface area contributed by atoms with Crippen molar-refractivity contribution in [1.82, 2.24) is 4.98 Å². The van der Waals surface area contributed by atoms with E-state index in [2.05, 4.69) is 4.98 Å². The lowest BCUT2D eigenvalue weighted by molar-refractivity contribution is 0.148. The summed E-state index contributed by atoms with van der Waals surface area (Å²) in [5.74, 6) is 0. The maximum absolute atomic E-state index is 12.5. The van der Waals surface area contributed by atoms with Crippen LogP contribution in [0.25, 0.3) is 0 Å². The monoisotopic (exact) mass is 202 g/mol. The zero-order valence-corrected chi connectivity index (χ0v) is 7.53. The van der Waals surface area contributed by atoms with E-state index >= 15 is 0 Å². The molecule has 0 saturated carbocycles. The minimum Gasteiger partial charge on any atom is -0.396 e. The van der Waals surface area contributed by atoms with Gasteiger partial charge in [0.1, 0.15) is 0 Å². The molecule has 0 saturated heterocycles. The Balaban J connectivity index is 2.94. The van der Waals surface area contributed by atoms with E-state index in [0.29, 0.717) is 0 Å². The zero-order chi connectivity index (χ0) is 10.6. The Bertz CT molecular complexity index is 294. The van der Waals surface area contributed by atoms with E-state index < -0.39 is 12.5 Å². The molecule has 1 aromatic heterocycles. The van der Waals surface area contributed by atoms with Crippen molar-refractivity contribution in [1.29, 1.82) is 0 Å². The maximum atomic E-state index is 12.5. The molecule has 78 valence electrons. The lowest BCUT2D eigenvalue weighted by atomic mass is 10.1. The fourth-order valence-electron chi connectivity index (χ4n) is 1.20. The van der Waals surface area contributed by atoms with Crippen molar-refractivity contribution >= 4 is 0 Å². The Kier molecular flexibility index (Phi) is 3.91. The van der Waals surface area contributed by atoms with Crippen LogP contribution in [0.2, 0.25) is 0 Å². The van der Waals surface area contributed by atoms with Crippen LogP contribution in [0.3, 0.4) is 0 Å². The molecule has 0 spiro atoms. The summed E-state index contributed by atoms with van der Waals surface area (Å²) in [5, 5.41) is 8.63. The van der Waals surface area contributed by atoms with Crippen molar-refractivity contribution in [2.45, 2.75) is 18.9 Å². The number of pyridine rings is 1. The van der Waals surface area contributed by atoms with Crippen LogP contribution in [0.15, 0.2) is 18.3 Å². The van der Waals surface area contributed by atoms with Gasteiger partial charge in [0.15, 0.2) is 0 Å². The van der Waals surface area contributed by atoms with Gasteiger partial charge in [-0.05, 0) is 18.6 Å². The molecule has 3 N–H and O–H groups in total. The Morgan fingerprint density at radius 3 is 2.79 bits per heavy atom. The average molecular weight is 202 g/mol. The Labute approximate surface area is 80.6 Å². The molecule has 1 heterocycles. The highest BCUT2D eigenvalue weighted by molar-refractivity contribution is 5.23. The molecule has 1 rings (SSSR count). The number of alkyl halides is 2. The van der Waals surface area contributed by atoms with E-state index in [1.165, 1.54) is 18.3 Å². The first kappa shape index (κ1) is 11.0. The summed E-state index contributed by atoms with van der Waals surface area (Å²) in [4.78, 5) is 3.80. The molecule has 14 heavy (non-hydrogen) atoms.